The number of phosphoric ester groups is 2. The first-order valence-corrected chi connectivity index (χ1v) is 8.94. The molecule has 0 aliphatic rings. The Labute approximate surface area is 113 Å². The van der Waals surface area contributed by atoms with E-state index in [1.807, 2.05) is 0 Å². The first-order valence-electron chi connectivity index (χ1n) is 6.02. The molecule has 0 aromatic carbocycles. The predicted octanol–water partition coefficient (Wildman–Crippen LogP) is 3.34. The van der Waals surface area contributed by atoms with Gasteiger partial charge in [0.25, 0.3) is 0 Å². The lowest BCUT2D eigenvalue weighted by molar-refractivity contribution is 0.0227. The quantitative estimate of drug-likeness (QED) is 0.399. The molecule has 0 saturated carbocycles. The molecule has 0 aromatic rings. The summed E-state index contributed by atoms with van der Waals surface area (Å²) in [5.41, 5.74) is 0. The van der Waals surface area contributed by atoms with E-state index in [4.69, 9.17) is 27.1 Å². The smallest absolute Gasteiger partial charge is 0.287 e. The largest absolute Gasteiger partial charge is 0.476 e. The molecule has 0 aliphatic heterocycles. The molecular formula is C9H22O8P2. The third-order valence-electron chi connectivity index (χ3n) is 1.57. The highest BCUT2D eigenvalue weighted by molar-refractivity contribution is 7.49. The summed E-state index contributed by atoms with van der Waals surface area (Å²) in [5.74, 6) is 0. The molecule has 116 valence electrons. The average Bonchev–Trinajstić information content (AvgIpc) is 2.29. The molecule has 0 aromatic heterocycles. The van der Waals surface area contributed by atoms with Crippen molar-refractivity contribution in [3.8, 4) is 0 Å². The molecule has 0 fully saturated rings. The summed E-state index contributed by atoms with van der Waals surface area (Å²) < 4.78 is 53.0. The van der Waals surface area contributed by atoms with Crippen LogP contribution in [0.2, 0.25) is 0 Å². The highest BCUT2D eigenvalue weighted by atomic mass is 31.2. The van der Waals surface area contributed by atoms with Gasteiger partial charge in [0.2, 0.25) is 0 Å². The molecule has 0 bridgehead atoms. The van der Waals surface area contributed by atoms with Crippen molar-refractivity contribution in [3.63, 3.8) is 0 Å². The van der Waals surface area contributed by atoms with Crippen molar-refractivity contribution < 1.29 is 36.3 Å². The molecule has 0 amide bonds. The van der Waals surface area contributed by atoms with Gasteiger partial charge in [-0.1, -0.05) is 0 Å². The van der Waals surface area contributed by atoms with Gasteiger partial charge in [0.1, 0.15) is 0 Å². The van der Waals surface area contributed by atoms with Crippen LogP contribution in [0.5, 0.6) is 0 Å². The number of hydrogen-bond donors (Lipinski definition) is 0. The summed E-state index contributed by atoms with van der Waals surface area (Å²) in [6, 6.07) is 0. The molecule has 0 radical (unpaired) electrons. The second-order valence-corrected chi connectivity index (χ2v) is 6.28. The summed E-state index contributed by atoms with van der Waals surface area (Å²) in [6.45, 7) is 6.55. The Morgan fingerprint density at radius 2 is 0.842 bits per heavy atom. The van der Waals surface area contributed by atoms with Gasteiger partial charge >= 0.3 is 15.6 Å². The molecule has 0 saturated heterocycles. The summed E-state index contributed by atoms with van der Waals surface area (Å²) in [5, 5.41) is 0. The maximum absolute atomic E-state index is 11.9. The molecule has 0 aliphatic carbocycles. The topological polar surface area (TPSA) is 89.5 Å². The van der Waals surface area contributed by atoms with E-state index in [9.17, 15) is 9.13 Å². The van der Waals surface area contributed by atoms with Crippen LogP contribution in [0.1, 0.15) is 27.7 Å². The van der Waals surface area contributed by atoms with Crippen LogP contribution < -0.4 is 0 Å². The Bertz CT molecular complexity index is 271. The van der Waals surface area contributed by atoms with Crippen molar-refractivity contribution in [2.75, 3.05) is 33.2 Å². The third-order valence-corrected chi connectivity index (χ3v) is 4.71. The molecule has 8 nitrogen and oxygen atoms in total. The molecule has 19 heavy (non-hydrogen) atoms. The number of phosphoric acid groups is 2. The van der Waals surface area contributed by atoms with E-state index in [1.54, 1.807) is 27.7 Å². The van der Waals surface area contributed by atoms with Crippen molar-refractivity contribution in [2.45, 2.75) is 27.7 Å². The minimum absolute atomic E-state index is 0.145. The second kappa shape index (κ2) is 10.0. The normalized spacial score (nSPS) is 12.8. The van der Waals surface area contributed by atoms with Gasteiger partial charge in [-0.15, -0.1) is 0 Å². The van der Waals surface area contributed by atoms with Gasteiger partial charge in [-0.3, -0.25) is 27.1 Å². The Balaban J connectivity index is 4.36. The lowest BCUT2D eigenvalue weighted by atomic mass is 10.9. The molecule has 0 unspecified atom stereocenters. The van der Waals surface area contributed by atoms with Crippen LogP contribution in [0.25, 0.3) is 0 Å². The van der Waals surface area contributed by atoms with E-state index in [0.29, 0.717) is 0 Å². The molecule has 0 atom stereocenters. The summed E-state index contributed by atoms with van der Waals surface area (Å²) in [4.78, 5) is 0. The van der Waals surface area contributed by atoms with Crippen LogP contribution in [0.4, 0.5) is 0 Å². The fourth-order valence-electron chi connectivity index (χ4n) is 1.01. The SMILES string of the molecule is CCOP(=O)(OCC)OCOP(=O)(OCC)OCC. The van der Waals surface area contributed by atoms with Crippen molar-refractivity contribution in [2.24, 2.45) is 0 Å². The first kappa shape index (κ1) is 19.2. The molecule has 0 rings (SSSR count). The Kier molecular flexibility index (Phi) is 10.1. The monoisotopic (exact) mass is 320 g/mol. The maximum atomic E-state index is 11.9. The van der Waals surface area contributed by atoms with Gasteiger partial charge in [-0.2, -0.15) is 0 Å². The number of rotatable bonds is 12. The fourth-order valence-corrected chi connectivity index (χ4v) is 3.17. The molecule has 0 spiro atoms. The zero-order valence-electron chi connectivity index (χ0n) is 11.7. The van der Waals surface area contributed by atoms with Gasteiger partial charge in [0, 0.05) is 0 Å². The Morgan fingerprint density at radius 3 is 1.05 bits per heavy atom. The van der Waals surface area contributed by atoms with Crippen LogP contribution in [-0.2, 0) is 36.3 Å². The van der Waals surface area contributed by atoms with Gasteiger partial charge in [-0.25, -0.2) is 9.13 Å². The maximum Gasteiger partial charge on any atom is 0.476 e. The third kappa shape index (κ3) is 8.17. The summed E-state index contributed by atoms with van der Waals surface area (Å²) in [6.07, 6.45) is 0. The van der Waals surface area contributed by atoms with E-state index in [-0.39, 0.29) is 26.4 Å². The zero-order chi connectivity index (χ0) is 14.8. The fraction of sp³-hybridized carbons (Fsp3) is 1.00. The molecule has 0 heterocycles. The average molecular weight is 320 g/mol. The number of hydrogen-bond acceptors (Lipinski definition) is 8. The first-order chi connectivity index (χ1) is 8.95. The van der Waals surface area contributed by atoms with Crippen LogP contribution >= 0.6 is 15.6 Å². The van der Waals surface area contributed by atoms with Gasteiger partial charge in [-0.05, 0) is 27.7 Å². The molecule has 10 heteroatoms. The second-order valence-electron chi connectivity index (χ2n) is 2.94. The predicted molar refractivity (Wildman–Crippen MR) is 68.8 cm³/mol. The van der Waals surface area contributed by atoms with Crippen molar-refractivity contribution in [3.05, 3.63) is 0 Å². The zero-order valence-corrected chi connectivity index (χ0v) is 13.5. The lowest BCUT2D eigenvalue weighted by Gasteiger charge is -2.19. The van der Waals surface area contributed by atoms with Gasteiger partial charge < -0.3 is 0 Å². The lowest BCUT2D eigenvalue weighted by Crippen LogP contribution is -2.06. The van der Waals surface area contributed by atoms with Crippen LogP contribution in [0.3, 0.4) is 0 Å². The van der Waals surface area contributed by atoms with Crippen LogP contribution in [0, 0.1) is 0 Å². The molecular weight excluding hydrogens is 298 g/mol. The van der Waals surface area contributed by atoms with Crippen LogP contribution in [-0.4, -0.2) is 33.2 Å². The molecule has 0 N–H and O–H groups in total. The van der Waals surface area contributed by atoms with E-state index < -0.39 is 22.4 Å². The van der Waals surface area contributed by atoms with E-state index in [2.05, 4.69) is 0 Å². The Hall–Kier alpha value is 0.220. The van der Waals surface area contributed by atoms with Crippen molar-refractivity contribution in [1.82, 2.24) is 0 Å². The minimum atomic E-state index is -3.70. The van der Waals surface area contributed by atoms with E-state index in [0.717, 1.165) is 0 Å². The van der Waals surface area contributed by atoms with Crippen LogP contribution in [0.15, 0.2) is 0 Å². The summed E-state index contributed by atoms with van der Waals surface area (Å²) in [7, 11) is -7.40. The van der Waals surface area contributed by atoms with Gasteiger partial charge in [0.05, 0.1) is 26.4 Å². The Morgan fingerprint density at radius 1 is 0.579 bits per heavy atom. The minimum Gasteiger partial charge on any atom is -0.287 e. The van der Waals surface area contributed by atoms with Gasteiger partial charge in [0.15, 0.2) is 6.79 Å². The van der Waals surface area contributed by atoms with E-state index >= 15 is 0 Å². The standard InChI is InChI=1S/C9H22O8P2/c1-5-12-18(10,13-6-2)16-9-17-19(11,14-7-3)15-8-4/h5-9H2,1-4H3. The summed E-state index contributed by atoms with van der Waals surface area (Å²) >= 11 is 0. The van der Waals surface area contributed by atoms with Crippen molar-refractivity contribution >= 4 is 15.6 Å². The van der Waals surface area contributed by atoms with E-state index in [1.165, 1.54) is 0 Å². The highest BCUT2D eigenvalue weighted by Crippen LogP contribution is 2.53. The highest BCUT2D eigenvalue weighted by Gasteiger charge is 2.30. The van der Waals surface area contributed by atoms with Crippen molar-refractivity contribution in [1.29, 1.82) is 0 Å².